The van der Waals surface area contributed by atoms with Gasteiger partial charge < -0.3 is 19.9 Å². The number of thioether (sulfide) groups is 1. The molecule has 2 fully saturated rings. The summed E-state index contributed by atoms with van der Waals surface area (Å²) in [7, 11) is 0. The van der Waals surface area contributed by atoms with Gasteiger partial charge in [0.15, 0.2) is 5.58 Å². The zero-order valence-electron chi connectivity index (χ0n) is 17.8. The molecule has 0 radical (unpaired) electrons. The summed E-state index contributed by atoms with van der Waals surface area (Å²) in [5.74, 6) is -2.38. The summed E-state index contributed by atoms with van der Waals surface area (Å²) in [5.41, 5.74) is 1.15. The predicted molar refractivity (Wildman–Crippen MR) is 120 cm³/mol. The maximum atomic E-state index is 10.9. The Morgan fingerprint density at radius 3 is 2.10 bits per heavy atom. The van der Waals surface area contributed by atoms with Crippen LogP contribution in [0.5, 0.6) is 0 Å². The van der Waals surface area contributed by atoms with Gasteiger partial charge in [-0.05, 0) is 37.8 Å². The van der Waals surface area contributed by atoms with Crippen molar-refractivity contribution < 1.29 is 24.2 Å². The Kier molecular flexibility index (Phi) is 9.21. The van der Waals surface area contributed by atoms with Crippen LogP contribution in [-0.4, -0.2) is 44.5 Å². The van der Waals surface area contributed by atoms with Crippen LogP contribution in [0.15, 0.2) is 33.9 Å². The molecule has 1 atom stereocenters. The van der Waals surface area contributed by atoms with Gasteiger partial charge in [-0.25, -0.2) is 4.98 Å². The Hall–Kier alpha value is -2.06. The normalized spacial score (nSPS) is 18.8. The summed E-state index contributed by atoms with van der Waals surface area (Å²) in [4.78, 5) is 25.5. The fourth-order valence-corrected chi connectivity index (χ4v) is 5.09. The van der Waals surface area contributed by atoms with E-state index in [4.69, 9.17) is 14.6 Å². The molecule has 1 aromatic heterocycles. The number of para-hydroxylation sites is 2. The third-order valence-corrected chi connectivity index (χ3v) is 6.86. The van der Waals surface area contributed by atoms with Gasteiger partial charge in [0.2, 0.25) is 0 Å². The van der Waals surface area contributed by atoms with Crippen molar-refractivity contribution in [1.29, 1.82) is 0 Å². The van der Waals surface area contributed by atoms with Crippen molar-refractivity contribution in [2.75, 3.05) is 0 Å². The summed E-state index contributed by atoms with van der Waals surface area (Å²) in [5, 5.41) is 20.4. The molecule has 1 heterocycles. The number of oxazole rings is 1. The van der Waals surface area contributed by atoms with Gasteiger partial charge in [0, 0.05) is 12.1 Å². The van der Waals surface area contributed by atoms with Crippen molar-refractivity contribution in [3.63, 3.8) is 0 Å². The van der Waals surface area contributed by atoms with Crippen molar-refractivity contribution in [3.05, 3.63) is 24.3 Å². The Morgan fingerprint density at radius 1 is 1.00 bits per heavy atom. The zero-order valence-corrected chi connectivity index (χ0v) is 18.6. The highest BCUT2D eigenvalue weighted by molar-refractivity contribution is 8.00. The van der Waals surface area contributed by atoms with Gasteiger partial charge in [-0.3, -0.25) is 9.59 Å². The second kappa shape index (κ2) is 12.1. The first-order valence-corrected chi connectivity index (χ1v) is 12.1. The molecule has 7 nitrogen and oxygen atoms in total. The van der Waals surface area contributed by atoms with Crippen LogP contribution in [0.4, 0.5) is 0 Å². The lowest BCUT2D eigenvalue weighted by molar-refractivity contribution is -0.142. The standard InChI is InChI=1S/C12H23N.C11H9NO5S/c1-3-7-11(8-4-1)13-12-9-5-2-6-10-12;13-9(14)5-8(10(15)16)18-11-12-6-3-1-2-4-7(6)17-11/h11-13H,1-10H2;1-4,8H,5H2,(H,13,14)(H,15,16). The van der Waals surface area contributed by atoms with E-state index in [1.807, 2.05) is 0 Å². The Balaban J connectivity index is 0.000000185. The summed E-state index contributed by atoms with van der Waals surface area (Å²) < 4.78 is 5.33. The van der Waals surface area contributed by atoms with Crippen molar-refractivity contribution in [3.8, 4) is 0 Å². The van der Waals surface area contributed by atoms with Crippen LogP contribution in [-0.2, 0) is 9.59 Å². The van der Waals surface area contributed by atoms with Gasteiger partial charge in [-0.1, -0.05) is 62.4 Å². The number of rotatable bonds is 7. The molecule has 3 N–H and O–H groups in total. The number of nitrogens with zero attached hydrogens (tertiary/aromatic N) is 1. The van der Waals surface area contributed by atoms with Crippen molar-refractivity contribution in [2.45, 2.75) is 93.2 Å². The average Bonchev–Trinajstić information content (AvgIpc) is 3.17. The monoisotopic (exact) mass is 448 g/mol. The quantitative estimate of drug-likeness (QED) is 0.502. The van der Waals surface area contributed by atoms with E-state index in [9.17, 15) is 9.59 Å². The molecule has 2 aromatic rings. The van der Waals surface area contributed by atoms with Crippen LogP contribution >= 0.6 is 11.8 Å². The number of carboxylic acid groups (broad SMARTS) is 2. The number of hydrogen-bond donors (Lipinski definition) is 3. The fourth-order valence-electron chi connectivity index (χ4n) is 4.23. The number of fused-ring (bicyclic) bond motifs is 1. The van der Waals surface area contributed by atoms with E-state index >= 15 is 0 Å². The van der Waals surface area contributed by atoms with E-state index in [0.29, 0.717) is 11.1 Å². The van der Waals surface area contributed by atoms with Crippen molar-refractivity contribution >= 4 is 34.8 Å². The van der Waals surface area contributed by atoms with Crippen LogP contribution in [0.25, 0.3) is 11.1 Å². The lowest BCUT2D eigenvalue weighted by Gasteiger charge is -2.30. The fraction of sp³-hybridized carbons (Fsp3) is 0.609. The maximum Gasteiger partial charge on any atom is 0.317 e. The Morgan fingerprint density at radius 2 is 1.58 bits per heavy atom. The van der Waals surface area contributed by atoms with Gasteiger partial charge in [-0.2, -0.15) is 0 Å². The third-order valence-electron chi connectivity index (χ3n) is 5.83. The molecule has 0 spiro atoms. The van der Waals surface area contributed by atoms with Crippen LogP contribution < -0.4 is 5.32 Å². The zero-order chi connectivity index (χ0) is 22.1. The van der Waals surface area contributed by atoms with E-state index in [-0.39, 0.29) is 5.22 Å². The van der Waals surface area contributed by atoms with E-state index in [1.165, 1.54) is 64.2 Å². The molecule has 8 heteroatoms. The van der Waals surface area contributed by atoms with E-state index < -0.39 is 23.6 Å². The average molecular weight is 449 g/mol. The first-order chi connectivity index (χ1) is 15.0. The minimum atomic E-state index is -1.20. The lowest BCUT2D eigenvalue weighted by Crippen LogP contribution is -2.40. The Bertz CT molecular complexity index is 794. The predicted octanol–water partition coefficient (Wildman–Crippen LogP) is 5.09. The van der Waals surface area contributed by atoms with Crippen LogP contribution in [0.2, 0.25) is 0 Å². The van der Waals surface area contributed by atoms with Crippen LogP contribution in [0.1, 0.15) is 70.6 Å². The highest BCUT2D eigenvalue weighted by Crippen LogP contribution is 2.28. The number of aromatic nitrogens is 1. The van der Waals surface area contributed by atoms with Gasteiger partial charge in [0.1, 0.15) is 10.8 Å². The number of carboxylic acids is 2. The molecule has 0 bridgehead atoms. The minimum Gasteiger partial charge on any atom is -0.481 e. The summed E-state index contributed by atoms with van der Waals surface area (Å²) in [6, 6.07) is 8.74. The van der Waals surface area contributed by atoms with Gasteiger partial charge in [0.05, 0.1) is 6.42 Å². The van der Waals surface area contributed by atoms with E-state index in [1.54, 1.807) is 24.3 Å². The number of nitrogens with one attached hydrogen (secondary N) is 1. The highest BCUT2D eigenvalue weighted by atomic mass is 32.2. The maximum absolute atomic E-state index is 10.9. The molecule has 31 heavy (non-hydrogen) atoms. The Labute approximate surface area is 187 Å². The molecule has 2 aliphatic rings. The lowest BCUT2D eigenvalue weighted by atomic mass is 9.91. The molecule has 1 aromatic carbocycles. The van der Waals surface area contributed by atoms with Crippen LogP contribution in [0.3, 0.4) is 0 Å². The third kappa shape index (κ3) is 7.85. The topological polar surface area (TPSA) is 113 Å². The van der Waals surface area contributed by atoms with E-state index in [0.717, 1.165) is 23.8 Å². The van der Waals surface area contributed by atoms with E-state index in [2.05, 4.69) is 10.3 Å². The first-order valence-electron chi connectivity index (χ1n) is 11.2. The van der Waals surface area contributed by atoms with Crippen LogP contribution in [0, 0.1) is 0 Å². The second-order valence-corrected chi connectivity index (χ2v) is 9.48. The molecule has 4 rings (SSSR count). The summed E-state index contributed by atoms with van der Waals surface area (Å²) in [6.45, 7) is 0. The molecule has 2 saturated carbocycles. The van der Waals surface area contributed by atoms with Gasteiger partial charge in [-0.15, -0.1) is 0 Å². The summed E-state index contributed by atoms with van der Waals surface area (Å²) >= 11 is 0.793. The molecule has 170 valence electrons. The minimum absolute atomic E-state index is 0.157. The molecule has 0 aliphatic heterocycles. The smallest absolute Gasteiger partial charge is 0.317 e. The SMILES string of the molecule is C1CCC(NC2CCCCC2)CC1.O=C(O)CC(Sc1nc2ccccc2o1)C(=O)O. The molecule has 1 unspecified atom stereocenters. The largest absolute Gasteiger partial charge is 0.481 e. The van der Waals surface area contributed by atoms with Crippen molar-refractivity contribution in [1.82, 2.24) is 10.3 Å². The molecule has 0 amide bonds. The highest BCUT2D eigenvalue weighted by Gasteiger charge is 2.25. The number of benzene rings is 1. The molecule has 0 saturated heterocycles. The van der Waals surface area contributed by atoms with Crippen molar-refractivity contribution in [2.24, 2.45) is 0 Å². The van der Waals surface area contributed by atoms with Gasteiger partial charge in [0.25, 0.3) is 5.22 Å². The molecule has 2 aliphatic carbocycles. The first kappa shape index (κ1) is 23.6. The van der Waals surface area contributed by atoms with Gasteiger partial charge >= 0.3 is 11.9 Å². The molecular formula is C23H32N2O5S. The number of carbonyl (C=O) groups is 2. The number of hydrogen-bond acceptors (Lipinski definition) is 6. The second-order valence-electron chi connectivity index (χ2n) is 8.33. The summed E-state index contributed by atoms with van der Waals surface area (Å²) in [6.07, 6.45) is 14.1. The molecular weight excluding hydrogens is 416 g/mol. The number of aliphatic carboxylic acids is 2.